The van der Waals surface area contributed by atoms with Gasteiger partial charge in [-0.1, -0.05) is 32.0 Å². The lowest BCUT2D eigenvalue weighted by Crippen LogP contribution is -2.09. The first kappa shape index (κ1) is 6.90. The van der Waals surface area contributed by atoms with E-state index in [4.69, 9.17) is 0 Å². The van der Waals surface area contributed by atoms with Crippen LogP contribution in [0.3, 0.4) is 0 Å². The summed E-state index contributed by atoms with van der Waals surface area (Å²) in [4.78, 5) is 0. The summed E-state index contributed by atoms with van der Waals surface area (Å²) in [5.41, 5.74) is 3.50. The first-order valence-electron chi connectivity index (χ1n) is 4.15. The average molecular weight is 145 g/mol. The van der Waals surface area contributed by atoms with Crippen molar-refractivity contribution in [3.8, 4) is 0 Å². The quantitative estimate of drug-likeness (QED) is 0.526. The van der Waals surface area contributed by atoms with Crippen LogP contribution in [0, 0.1) is 11.5 Å². The molecule has 11 heavy (non-hydrogen) atoms. The van der Waals surface area contributed by atoms with Crippen molar-refractivity contribution < 1.29 is 0 Å². The smallest absolute Gasteiger partial charge is 0.0181 e. The summed E-state index contributed by atoms with van der Waals surface area (Å²) in [6.45, 7) is 4.65. The zero-order valence-corrected chi connectivity index (χ0v) is 7.15. The average Bonchev–Trinajstić information content (AvgIpc) is 2.21. The summed E-state index contributed by atoms with van der Waals surface area (Å²) in [5.74, 6) is 0. The molecule has 0 bridgehead atoms. The second kappa shape index (κ2) is 2.10. The van der Waals surface area contributed by atoms with Gasteiger partial charge in [0.1, 0.15) is 0 Å². The third-order valence-corrected chi connectivity index (χ3v) is 2.39. The molecule has 0 nitrogen and oxygen atoms in total. The Morgan fingerprint density at radius 1 is 1.27 bits per heavy atom. The molecule has 0 N–H and O–H groups in total. The van der Waals surface area contributed by atoms with E-state index in [-0.39, 0.29) is 0 Å². The topological polar surface area (TPSA) is 0 Å². The fourth-order valence-electron chi connectivity index (χ4n) is 1.93. The highest BCUT2D eigenvalue weighted by atomic mass is 14.3. The molecule has 2 rings (SSSR count). The molecule has 1 aromatic rings. The van der Waals surface area contributed by atoms with Gasteiger partial charge in [-0.3, -0.25) is 0 Å². The molecule has 1 radical (unpaired) electrons. The standard InChI is InChI=1S/C11H13/c1-11(2)7-9-5-3-4-6-10(9)8-11/h3,5-6H,7-8H2,1-2H3. The normalized spacial score (nSPS) is 19.8. The highest BCUT2D eigenvalue weighted by Crippen LogP contribution is 2.35. The number of hydrogen-bond acceptors (Lipinski definition) is 0. The minimum absolute atomic E-state index is 0.484. The van der Waals surface area contributed by atoms with Gasteiger partial charge in [0.15, 0.2) is 0 Å². The maximum absolute atomic E-state index is 3.13. The first-order valence-corrected chi connectivity index (χ1v) is 4.15. The Bertz CT molecular complexity index is 244. The summed E-state index contributed by atoms with van der Waals surface area (Å²) >= 11 is 0. The van der Waals surface area contributed by atoms with Crippen LogP contribution >= 0.6 is 0 Å². The van der Waals surface area contributed by atoms with Crippen LogP contribution in [-0.4, -0.2) is 0 Å². The van der Waals surface area contributed by atoms with Gasteiger partial charge in [-0.25, -0.2) is 0 Å². The molecule has 0 spiro atoms. The Morgan fingerprint density at radius 3 is 2.73 bits per heavy atom. The second-order valence-corrected chi connectivity index (χ2v) is 4.21. The fraction of sp³-hybridized carbons (Fsp3) is 0.455. The molecular formula is C11H13. The van der Waals surface area contributed by atoms with E-state index in [2.05, 4.69) is 32.0 Å². The van der Waals surface area contributed by atoms with Gasteiger partial charge in [0, 0.05) is 0 Å². The SMILES string of the molecule is CC1(C)Cc2c[c]ccc2C1. The van der Waals surface area contributed by atoms with Crippen molar-refractivity contribution in [2.45, 2.75) is 26.7 Å². The summed E-state index contributed by atoms with van der Waals surface area (Å²) in [5, 5.41) is 0. The number of benzene rings is 1. The van der Waals surface area contributed by atoms with Crippen molar-refractivity contribution in [2.24, 2.45) is 5.41 Å². The van der Waals surface area contributed by atoms with Crippen LogP contribution in [0.1, 0.15) is 25.0 Å². The predicted octanol–water partition coefficient (Wildman–Crippen LogP) is 2.61. The van der Waals surface area contributed by atoms with Crippen LogP contribution < -0.4 is 0 Å². The van der Waals surface area contributed by atoms with Gasteiger partial charge in [-0.2, -0.15) is 0 Å². The minimum Gasteiger partial charge on any atom is -0.0593 e. The Balaban J connectivity index is 2.41. The summed E-state index contributed by atoms with van der Waals surface area (Å²) in [7, 11) is 0. The van der Waals surface area contributed by atoms with Gasteiger partial charge in [-0.05, 0) is 35.4 Å². The maximum Gasteiger partial charge on any atom is -0.0181 e. The minimum atomic E-state index is 0.484. The van der Waals surface area contributed by atoms with E-state index in [9.17, 15) is 0 Å². The molecule has 0 saturated heterocycles. The molecular weight excluding hydrogens is 132 g/mol. The second-order valence-electron chi connectivity index (χ2n) is 4.21. The summed E-state index contributed by atoms with van der Waals surface area (Å²) < 4.78 is 0. The molecule has 57 valence electrons. The van der Waals surface area contributed by atoms with E-state index in [1.165, 1.54) is 24.0 Å². The Hall–Kier alpha value is -0.780. The van der Waals surface area contributed by atoms with Crippen LogP contribution in [0.2, 0.25) is 0 Å². The van der Waals surface area contributed by atoms with Gasteiger partial charge < -0.3 is 0 Å². The molecule has 0 atom stereocenters. The number of rotatable bonds is 0. The van der Waals surface area contributed by atoms with Gasteiger partial charge in [0.25, 0.3) is 0 Å². The van der Waals surface area contributed by atoms with Crippen LogP contribution in [0.15, 0.2) is 18.2 Å². The predicted molar refractivity (Wildman–Crippen MR) is 46.5 cm³/mol. The van der Waals surface area contributed by atoms with Crippen LogP contribution in [-0.2, 0) is 12.8 Å². The maximum atomic E-state index is 3.13. The lowest BCUT2D eigenvalue weighted by atomic mass is 9.90. The van der Waals surface area contributed by atoms with Gasteiger partial charge in [0.05, 0.1) is 0 Å². The zero-order chi connectivity index (χ0) is 7.90. The third kappa shape index (κ3) is 1.18. The number of hydrogen-bond donors (Lipinski definition) is 0. The van der Waals surface area contributed by atoms with Gasteiger partial charge in [0.2, 0.25) is 0 Å². The van der Waals surface area contributed by atoms with Crippen molar-refractivity contribution in [3.05, 3.63) is 35.4 Å². The molecule has 1 aliphatic rings. The molecule has 1 aromatic carbocycles. The highest BCUT2D eigenvalue weighted by Gasteiger charge is 2.27. The monoisotopic (exact) mass is 145 g/mol. The molecule has 0 amide bonds. The van der Waals surface area contributed by atoms with E-state index >= 15 is 0 Å². The molecule has 0 heterocycles. The van der Waals surface area contributed by atoms with Gasteiger partial charge >= 0.3 is 0 Å². The summed E-state index contributed by atoms with van der Waals surface area (Å²) in [6.07, 6.45) is 2.46. The molecule has 0 heteroatoms. The first-order chi connectivity index (χ1) is 5.17. The zero-order valence-electron chi connectivity index (χ0n) is 7.15. The van der Waals surface area contributed by atoms with E-state index in [0.717, 1.165) is 0 Å². The van der Waals surface area contributed by atoms with Crippen molar-refractivity contribution in [1.29, 1.82) is 0 Å². The van der Waals surface area contributed by atoms with E-state index < -0.39 is 0 Å². The highest BCUT2D eigenvalue weighted by molar-refractivity contribution is 5.32. The summed E-state index contributed by atoms with van der Waals surface area (Å²) in [6, 6.07) is 9.47. The van der Waals surface area contributed by atoms with Crippen LogP contribution in [0.4, 0.5) is 0 Å². The van der Waals surface area contributed by atoms with Crippen molar-refractivity contribution in [1.82, 2.24) is 0 Å². The molecule has 0 fully saturated rings. The van der Waals surface area contributed by atoms with Crippen LogP contribution in [0.25, 0.3) is 0 Å². The lowest BCUT2D eigenvalue weighted by Gasteiger charge is -2.14. The molecule has 0 saturated carbocycles. The largest absolute Gasteiger partial charge is 0.0593 e. The molecule has 1 aliphatic carbocycles. The Kier molecular flexibility index (Phi) is 1.32. The van der Waals surface area contributed by atoms with Crippen molar-refractivity contribution in [3.63, 3.8) is 0 Å². The Morgan fingerprint density at radius 2 is 2.00 bits per heavy atom. The molecule has 0 unspecified atom stereocenters. The Labute approximate surface area is 68.3 Å². The fourth-order valence-corrected chi connectivity index (χ4v) is 1.93. The van der Waals surface area contributed by atoms with Crippen molar-refractivity contribution >= 4 is 0 Å². The van der Waals surface area contributed by atoms with E-state index in [1.807, 2.05) is 6.07 Å². The third-order valence-electron chi connectivity index (χ3n) is 2.39. The molecule has 0 aromatic heterocycles. The lowest BCUT2D eigenvalue weighted by molar-refractivity contribution is 0.392. The van der Waals surface area contributed by atoms with Crippen molar-refractivity contribution in [2.75, 3.05) is 0 Å². The molecule has 0 aliphatic heterocycles. The van der Waals surface area contributed by atoms with E-state index in [1.54, 1.807) is 0 Å². The van der Waals surface area contributed by atoms with Crippen LogP contribution in [0.5, 0.6) is 0 Å². The van der Waals surface area contributed by atoms with Gasteiger partial charge in [-0.15, -0.1) is 0 Å². The number of fused-ring (bicyclic) bond motifs is 1. The van der Waals surface area contributed by atoms with E-state index in [0.29, 0.717) is 5.41 Å².